The van der Waals surface area contributed by atoms with E-state index < -0.39 is 9.84 Å². The molecule has 15 heavy (non-hydrogen) atoms. The second kappa shape index (κ2) is 4.74. The lowest BCUT2D eigenvalue weighted by atomic mass is 10.2. The molecule has 0 saturated carbocycles. The van der Waals surface area contributed by atoms with Crippen molar-refractivity contribution >= 4 is 9.84 Å². The van der Waals surface area contributed by atoms with Crippen LogP contribution in [0.1, 0.15) is 11.8 Å². The van der Waals surface area contributed by atoms with E-state index in [4.69, 9.17) is 4.74 Å². The van der Waals surface area contributed by atoms with E-state index in [0.29, 0.717) is 4.90 Å². The van der Waals surface area contributed by atoms with Gasteiger partial charge >= 0.3 is 0 Å². The molecule has 0 aromatic heterocycles. The van der Waals surface area contributed by atoms with Gasteiger partial charge in [-0.1, -0.05) is 12.1 Å². The van der Waals surface area contributed by atoms with E-state index in [1.54, 1.807) is 38.4 Å². The van der Waals surface area contributed by atoms with Crippen LogP contribution in [0.25, 0.3) is 0 Å². The van der Waals surface area contributed by atoms with Crippen LogP contribution >= 0.6 is 0 Å². The maximum Gasteiger partial charge on any atom is 0.175 e. The summed E-state index contributed by atoms with van der Waals surface area (Å²) >= 11 is 0. The minimum Gasteiger partial charge on any atom is -0.362 e. The number of ether oxygens (including phenoxy) is 1. The first-order chi connectivity index (χ1) is 6.99. The molecule has 0 amide bonds. The summed E-state index contributed by atoms with van der Waals surface area (Å²) in [6.45, 7) is 0. The Labute approximate surface area is 90.2 Å². The zero-order valence-corrected chi connectivity index (χ0v) is 9.84. The monoisotopic (exact) mass is 229 g/mol. The molecule has 0 aliphatic carbocycles. The largest absolute Gasteiger partial charge is 0.362 e. The summed E-state index contributed by atoms with van der Waals surface area (Å²) in [7, 11) is 0.245. The minimum atomic E-state index is -3.12. The van der Waals surface area contributed by atoms with Crippen molar-refractivity contribution in [3.8, 4) is 0 Å². The number of hydrogen-bond acceptors (Lipinski definition) is 4. The molecule has 0 radical (unpaired) electrons. The van der Waals surface area contributed by atoms with Gasteiger partial charge in [-0.15, -0.1) is 0 Å². The molecule has 1 unspecified atom stereocenters. The first kappa shape index (κ1) is 12.2. The maximum absolute atomic E-state index is 11.2. The van der Waals surface area contributed by atoms with Crippen LogP contribution < -0.4 is 5.32 Å². The highest BCUT2D eigenvalue weighted by atomic mass is 32.2. The van der Waals surface area contributed by atoms with Gasteiger partial charge in [0, 0.05) is 13.4 Å². The van der Waals surface area contributed by atoms with Gasteiger partial charge in [0.25, 0.3) is 0 Å². The molecule has 1 N–H and O–H groups in total. The van der Waals surface area contributed by atoms with Gasteiger partial charge in [0.1, 0.15) is 6.23 Å². The molecule has 0 saturated heterocycles. The van der Waals surface area contributed by atoms with E-state index in [9.17, 15) is 8.42 Å². The molecule has 84 valence electrons. The second-order valence-corrected chi connectivity index (χ2v) is 5.26. The zero-order chi connectivity index (χ0) is 11.5. The summed E-state index contributed by atoms with van der Waals surface area (Å²) < 4.78 is 27.6. The Balaban J connectivity index is 3.00. The summed E-state index contributed by atoms with van der Waals surface area (Å²) in [5.74, 6) is 0. The van der Waals surface area contributed by atoms with E-state index in [1.807, 2.05) is 0 Å². The third kappa shape index (κ3) is 3.02. The predicted molar refractivity (Wildman–Crippen MR) is 58.4 cm³/mol. The number of methoxy groups -OCH3 is 1. The van der Waals surface area contributed by atoms with Crippen LogP contribution in [0.15, 0.2) is 29.2 Å². The summed E-state index contributed by atoms with van der Waals surface area (Å²) in [4.78, 5) is 0.317. The molecule has 1 rings (SSSR count). The number of benzene rings is 1. The quantitative estimate of drug-likeness (QED) is 0.781. The molecule has 0 aliphatic heterocycles. The predicted octanol–water partition coefficient (Wildman–Crippen LogP) is 0.955. The van der Waals surface area contributed by atoms with Crippen molar-refractivity contribution in [3.05, 3.63) is 29.8 Å². The van der Waals surface area contributed by atoms with Gasteiger partial charge in [-0.05, 0) is 24.7 Å². The normalized spacial score (nSPS) is 13.8. The lowest BCUT2D eigenvalue weighted by Gasteiger charge is -2.14. The Morgan fingerprint density at radius 1 is 1.27 bits per heavy atom. The Morgan fingerprint density at radius 3 is 2.13 bits per heavy atom. The van der Waals surface area contributed by atoms with Crippen LogP contribution in [0.5, 0.6) is 0 Å². The lowest BCUT2D eigenvalue weighted by Crippen LogP contribution is -2.17. The lowest BCUT2D eigenvalue weighted by molar-refractivity contribution is 0.0808. The van der Waals surface area contributed by atoms with Crippen LogP contribution in [-0.2, 0) is 14.6 Å². The van der Waals surface area contributed by atoms with Crippen molar-refractivity contribution in [2.75, 3.05) is 20.4 Å². The maximum atomic E-state index is 11.2. The van der Waals surface area contributed by atoms with E-state index >= 15 is 0 Å². The van der Waals surface area contributed by atoms with Gasteiger partial charge in [0.15, 0.2) is 9.84 Å². The van der Waals surface area contributed by atoms with Crippen LogP contribution in [0.2, 0.25) is 0 Å². The summed E-state index contributed by atoms with van der Waals surface area (Å²) in [5, 5.41) is 2.95. The van der Waals surface area contributed by atoms with Crippen molar-refractivity contribution in [2.45, 2.75) is 11.1 Å². The number of hydrogen-bond donors (Lipinski definition) is 1. The molecule has 4 nitrogen and oxygen atoms in total. The van der Waals surface area contributed by atoms with Gasteiger partial charge in [-0.25, -0.2) is 8.42 Å². The number of nitrogens with one attached hydrogen (secondary N) is 1. The van der Waals surface area contributed by atoms with Crippen molar-refractivity contribution in [1.82, 2.24) is 5.32 Å². The molecule has 0 aliphatic rings. The van der Waals surface area contributed by atoms with E-state index in [1.165, 1.54) is 6.26 Å². The molecule has 0 bridgehead atoms. The molecule has 5 heteroatoms. The molecular weight excluding hydrogens is 214 g/mol. The fraction of sp³-hybridized carbons (Fsp3) is 0.400. The molecule has 0 spiro atoms. The highest BCUT2D eigenvalue weighted by Gasteiger charge is 2.10. The van der Waals surface area contributed by atoms with Gasteiger partial charge in [0.2, 0.25) is 0 Å². The third-order valence-electron chi connectivity index (χ3n) is 2.11. The molecule has 1 atom stereocenters. The fourth-order valence-electron chi connectivity index (χ4n) is 1.31. The van der Waals surface area contributed by atoms with Gasteiger partial charge < -0.3 is 4.74 Å². The molecular formula is C10H15NO3S. The van der Waals surface area contributed by atoms with Crippen molar-refractivity contribution in [3.63, 3.8) is 0 Å². The average molecular weight is 229 g/mol. The second-order valence-electron chi connectivity index (χ2n) is 3.25. The summed E-state index contributed by atoms with van der Waals surface area (Å²) in [6.07, 6.45) is 0.979. The Kier molecular flexibility index (Phi) is 3.84. The Morgan fingerprint density at radius 2 is 1.80 bits per heavy atom. The topological polar surface area (TPSA) is 55.4 Å². The van der Waals surface area contributed by atoms with Gasteiger partial charge in [-0.2, -0.15) is 0 Å². The van der Waals surface area contributed by atoms with Crippen molar-refractivity contribution in [2.24, 2.45) is 0 Å². The van der Waals surface area contributed by atoms with Crippen LogP contribution in [0.3, 0.4) is 0 Å². The van der Waals surface area contributed by atoms with Crippen molar-refractivity contribution in [1.29, 1.82) is 0 Å². The first-order valence-electron chi connectivity index (χ1n) is 4.49. The minimum absolute atomic E-state index is 0.210. The Hall–Kier alpha value is -0.910. The van der Waals surface area contributed by atoms with E-state index in [2.05, 4.69) is 5.32 Å². The molecule has 1 aromatic carbocycles. The average Bonchev–Trinajstić information content (AvgIpc) is 2.19. The Bertz CT molecular complexity index is 407. The molecule has 1 aromatic rings. The first-order valence-corrected chi connectivity index (χ1v) is 6.38. The molecule has 0 fully saturated rings. The standard InChI is InChI=1S/C10H15NO3S/c1-11-10(14-2)8-4-6-9(7-5-8)15(3,12)13/h4-7,10-11H,1-3H3. The fourth-order valence-corrected chi connectivity index (χ4v) is 1.94. The SMILES string of the molecule is CNC(OC)c1ccc(S(C)(=O)=O)cc1. The summed E-state index contributed by atoms with van der Waals surface area (Å²) in [6, 6.07) is 6.63. The van der Waals surface area contributed by atoms with Crippen LogP contribution in [-0.4, -0.2) is 28.8 Å². The zero-order valence-electron chi connectivity index (χ0n) is 9.02. The van der Waals surface area contributed by atoms with Crippen LogP contribution in [0.4, 0.5) is 0 Å². The highest BCUT2D eigenvalue weighted by molar-refractivity contribution is 7.90. The molecule has 0 heterocycles. The third-order valence-corrected chi connectivity index (χ3v) is 3.24. The number of sulfone groups is 1. The summed E-state index contributed by atoms with van der Waals surface area (Å²) in [5.41, 5.74) is 0.896. The van der Waals surface area contributed by atoms with Gasteiger partial charge in [0.05, 0.1) is 4.90 Å². The number of rotatable bonds is 4. The van der Waals surface area contributed by atoms with E-state index in [0.717, 1.165) is 5.56 Å². The van der Waals surface area contributed by atoms with Crippen molar-refractivity contribution < 1.29 is 13.2 Å². The smallest absolute Gasteiger partial charge is 0.175 e. The van der Waals surface area contributed by atoms with Crippen LogP contribution in [0, 0.1) is 0 Å². The van der Waals surface area contributed by atoms with Gasteiger partial charge in [-0.3, -0.25) is 5.32 Å². The highest BCUT2D eigenvalue weighted by Crippen LogP contribution is 2.16. The van der Waals surface area contributed by atoms with E-state index in [-0.39, 0.29) is 6.23 Å².